The largest absolute Gasteiger partial charge is 0.288 e. The van der Waals surface area contributed by atoms with E-state index in [1.807, 2.05) is 0 Å². The molecule has 0 bridgehead atoms. The molecule has 0 fully saturated rings. The normalized spacial score (nSPS) is 18.6. The van der Waals surface area contributed by atoms with Crippen molar-refractivity contribution in [2.75, 3.05) is 0 Å². The van der Waals surface area contributed by atoms with Gasteiger partial charge in [0.15, 0.2) is 0 Å². The number of hydrazone groups is 2. The number of hydrogen-bond acceptors (Lipinski definition) is 5. The Morgan fingerprint density at radius 2 is 2.44 bits per heavy atom. The van der Waals surface area contributed by atoms with E-state index in [0.717, 1.165) is 5.56 Å². The monoisotopic (exact) mass is 245 g/mol. The lowest BCUT2D eigenvalue weighted by atomic mass is 10.1. The van der Waals surface area contributed by atoms with E-state index >= 15 is 0 Å². The van der Waals surface area contributed by atoms with Gasteiger partial charge in [0.1, 0.15) is 5.71 Å². The molecule has 0 saturated heterocycles. The summed E-state index contributed by atoms with van der Waals surface area (Å²) in [5, 5.41) is 7.40. The number of aromatic nitrogens is 1. The van der Waals surface area contributed by atoms with Crippen LogP contribution >= 0.6 is 0 Å². The van der Waals surface area contributed by atoms with Crippen molar-refractivity contribution in [3.63, 3.8) is 0 Å². The van der Waals surface area contributed by atoms with Crippen molar-refractivity contribution < 1.29 is 9.59 Å². The summed E-state index contributed by atoms with van der Waals surface area (Å²) in [4.78, 5) is 26.7. The third-order valence-electron chi connectivity index (χ3n) is 2.39. The number of amides is 2. The second-order valence-electron chi connectivity index (χ2n) is 3.68. The zero-order chi connectivity index (χ0) is 13.0. The fourth-order valence-corrected chi connectivity index (χ4v) is 1.36. The molecule has 7 nitrogen and oxygen atoms in total. The van der Waals surface area contributed by atoms with E-state index in [1.54, 1.807) is 31.5 Å². The number of carbonyl (C=O) groups excluding carboxylic acids is 2. The highest BCUT2D eigenvalue weighted by Gasteiger charge is 2.30. The topological polar surface area (TPSA) is 95.8 Å². The molecular weight excluding hydrogens is 234 g/mol. The zero-order valence-corrected chi connectivity index (χ0v) is 9.62. The van der Waals surface area contributed by atoms with E-state index in [-0.39, 0.29) is 11.6 Å². The van der Waals surface area contributed by atoms with Gasteiger partial charge in [-0.15, -0.1) is 0 Å². The summed E-state index contributed by atoms with van der Waals surface area (Å²) in [5.74, 6) is -1.35. The predicted molar refractivity (Wildman–Crippen MR) is 64.7 cm³/mol. The standard InChI is InChI=1S/C11H11N5O2/c1-7-9(14-16-10(7)17)11(18)15-13-6-8-3-2-4-12-5-8/h2-7H,1H3,(H,15,18)(H,16,17)/b13-6-. The van der Waals surface area contributed by atoms with Gasteiger partial charge in [-0.05, 0) is 13.0 Å². The summed E-state index contributed by atoms with van der Waals surface area (Å²) in [7, 11) is 0. The molecule has 2 rings (SSSR count). The van der Waals surface area contributed by atoms with E-state index in [0.29, 0.717) is 0 Å². The smallest absolute Gasteiger partial charge is 0.272 e. The maximum Gasteiger partial charge on any atom is 0.288 e. The first-order valence-corrected chi connectivity index (χ1v) is 5.29. The van der Waals surface area contributed by atoms with Crippen LogP contribution in [0, 0.1) is 5.92 Å². The minimum atomic E-state index is -0.557. The van der Waals surface area contributed by atoms with Crippen molar-refractivity contribution in [2.45, 2.75) is 6.92 Å². The molecule has 1 aliphatic rings. The van der Waals surface area contributed by atoms with Crippen LogP contribution in [0.4, 0.5) is 0 Å². The maximum absolute atomic E-state index is 11.6. The Morgan fingerprint density at radius 1 is 1.61 bits per heavy atom. The molecule has 7 heteroatoms. The molecule has 1 unspecified atom stereocenters. The van der Waals surface area contributed by atoms with Crippen molar-refractivity contribution in [2.24, 2.45) is 16.1 Å². The molecule has 0 spiro atoms. The molecule has 1 aromatic heterocycles. The van der Waals surface area contributed by atoms with Crippen LogP contribution in [-0.2, 0) is 9.59 Å². The van der Waals surface area contributed by atoms with Gasteiger partial charge < -0.3 is 0 Å². The number of carbonyl (C=O) groups is 2. The first kappa shape index (κ1) is 11.9. The Kier molecular flexibility index (Phi) is 3.42. The van der Waals surface area contributed by atoms with Crippen LogP contribution < -0.4 is 10.9 Å². The fourth-order valence-electron chi connectivity index (χ4n) is 1.36. The van der Waals surface area contributed by atoms with Gasteiger partial charge in [0.25, 0.3) is 5.91 Å². The minimum Gasteiger partial charge on any atom is -0.272 e. The highest BCUT2D eigenvalue weighted by Crippen LogP contribution is 2.05. The van der Waals surface area contributed by atoms with E-state index in [2.05, 4.69) is 26.0 Å². The maximum atomic E-state index is 11.6. The predicted octanol–water partition coefficient (Wildman–Crippen LogP) is -0.346. The van der Waals surface area contributed by atoms with Gasteiger partial charge in [0.05, 0.1) is 12.1 Å². The quantitative estimate of drug-likeness (QED) is 0.563. The summed E-state index contributed by atoms with van der Waals surface area (Å²) in [5.41, 5.74) is 5.42. The van der Waals surface area contributed by atoms with Gasteiger partial charge in [-0.3, -0.25) is 14.6 Å². The molecule has 2 heterocycles. The van der Waals surface area contributed by atoms with Crippen molar-refractivity contribution >= 4 is 23.7 Å². The molecule has 0 saturated carbocycles. The molecule has 18 heavy (non-hydrogen) atoms. The number of pyridine rings is 1. The van der Waals surface area contributed by atoms with Gasteiger partial charge in [-0.1, -0.05) is 6.07 Å². The van der Waals surface area contributed by atoms with E-state index in [9.17, 15) is 9.59 Å². The van der Waals surface area contributed by atoms with Crippen molar-refractivity contribution in [3.8, 4) is 0 Å². The van der Waals surface area contributed by atoms with Crippen LogP contribution in [0.5, 0.6) is 0 Å². The molecule has 1 aromatic rings. The SMILES string of the molecule is CC1C(=O)NN=C1C(=O)N/N=C\c1cccnc1. The Morgan fingerprint density at radius 3 is 3.06 bits per heavy atom. The Hall–Kier alpha value is -2.57. The Bertz CT molecular complexity index is 523. The first-order chi connectivity index (χ1) is 8.68. The molecule has 0 aromatic carbocycles. The molecule has 1 atom stereocenters. The van der Waals surface area contributed by atoms with Crippen molar-refractivity contribution in [3.05, 3.63) is 30.1 Å². The van der Waals surface area contributed by atoms with Crippen LogP contribution in [-0.4, -0.2) is 28.7 Å². The minimum absolute atomic E-state index is 0.128. The molecule has 0 radical (unpaired) electrons. The molecule has 92 valence electrons. The number of nitrogens with one attached hydrogen (secondary N) is 2. The second kappa shape index (κ2) is 5.17. The highest BCUT2D eigenvalue weighted by molar-refractivity contribution is 6.44. The lowest BCUT2D eigenvalue weighted by molar-refractivity contribution is -0.122. The van der Waals surface area contributed by atoms with E-state index < -0.39 is 11.8 Å². The highest BCUT2D eigenvalue weighted by atomic mass is 16.2. The summed E-state index contributed by atoms with van der Waals surface area (Å²) in [6, 6.07) is 3.55. The van der Waals surface area contributed by atoms with E-state index in [1.165, 1.54) is 6.21 Å². The van der Waals surface area contributed by atoms with Crippen LogP contribution in [0.25, 0.3) is 0 Å². The summed E-state index contributed by atoms with van der Waals surface area (Å²) < 4.78 is 0. The summed E-state index contributed by atoms with van der Waals surface area (Å²) >= 11 is 0. The molecular formula is C11H11N5O2. The van der Waals surface area contributed by atoms with Crippen LogP contribution in [0.3, 0.4) is 0 Å². The van der Waals surface area contributed by atoms with Gasteiger partial charge in [-0.25, -0.2) is 10.9 Å². The number of rotatable bonds is 3. The third-order valence-corrected chi connectivity index (χ3v) is 2.39. The summed E-state index contributed by atoms with van der Waals surface area (Å²) in [6.07, 6.45) is 4.71. The van der Waals surface area contributed by atoms with Crippen LogP contribution in [0.2, 0.25) is 0 Å². The molecule has 2 amide bonds. The van der Waals surface area contributed by atoms with E-state index in [4.69, 9.17) is 0 Å². The fraction of sp³-hybridized carbons (Fsp3) is 0.182. The first-order valence-electron chi connectivity index (χ1n) is 5.29. The lowest BCUT2D eigenvalue weighted by Gasteiger charge is -2.01. The van der Waals surface area contributed by atoms with Gasteiger partial charge >= 0.3 is 0 Å². The number of hydrogen-bond donors (Lipinski definition) is 2. The average Bonchev–Trinajstić information content (AvgIpc) is 2.71. The van der Waals surface area contributed by atoms with Gasteiger partial charge in [0, 0.05) is 18.0 Å². The zero-order valence-electron chi connectivity index (χ0n) is 9.62. The molecule has 0 aliphatic carbocycles. The van der Waals surface area contributed by atoms with Crippen LogP contribution in [0.1, 0.15) is 12.5 Å². The number of nitrogens with zero attached hydrogens (tertiary/aromatic N) is 3. The molecule has 2 N–H and O–H groups in total. The Labute approximate surface area is 103 Å². The van der Waals surface area contributed by atoms with Crippen molar-refractivity contribution in [1.82, 2.24) is 15.8 Å². The average molecular weight is 245 g/mol. The third kappa shape index (κ3) is 2.57. The van der Waals surface area contributed by atoms with Gasteiger partial charge in [0.2, 0.25) is 5.91 Å². The second-order valence-corrected chi connectivity index (χ2v) is 3.68. The lowest BCUT2D eigenvalue weighted by Crippen LogP contribution is -2.32. The molecule has 1 aliphatic heterocycles. The van der Waals surface area contributed by atoms with Gasteiger partial charge in [-0.2, -0.15) is 10.2 Å². The Balaban J connectivity index is 1.93. The van der Waals surface area contributed by atoms with Crippen LogP contribution in [0.15, 0.2) is 34.7 Å². The summed E-state index contributed by atoms with van der Waals surface area (Å²) in [6.45, 7) is 1.60. The van der Waals surface area contributed by atoms with Crippen molar-refractivity contribution in [1.29, 1.82) is 0 Å².